The lowest BCUT2D eigenvalue weighted by atomic mass is 10.1. The predicted octanol–water partition coefficient (Wildman–Crippen LogP) is 3.33. The summed E-state index contributed by atoms with van der Waals surface area (Å²) >= 11 is 0. The highest BCUT2D eigenvalue weighted by molar-refractivity contribution is 5.90. The average molecular weight is 334 g/mol. The number of pyridine rings is 1. The highest BCUT2D eigenvalue weighted by atomic mass is 16.5. The Balaban J connectivity index is 1.76. The Labute approximate surface area is 142 Å². The largest absolute Gasteiger partial charge is 0.497 e. The molecule has 0 fully saturated rings. The highest BCUT2D eigenvalue weighted by Gasteiger charge is 2.13. The van der Waals surface area contributed by atoms with Crippen LogP contribution in [-0.4, -0.2) is 22.1 Å². The number of methoxy groups -OCH3 is 1. The number of hydrogen-bond donors (Lipinski definition) is 2. The van der Waals surface area contributed by atoms with Crippen LogP contribution in [0, 0.1) is 0 Å². The van der Waals surface area contributed by atoms with Crippen molar-refractivity contribution in [2.24, 2.45) is 0 Å². The zero-order valence-corrected chi connectivity index (χ0v) is 13.3. The number of benzene rings is 1. The maximum Gasteiger partial charge on any atom is 0.262 e. The molecule has 124 valence electrons. The maximum atomic E-state index is 12.6. The van der Waals surface area contributed by atoms with Crippen molar-refractivity contribution in [1.82, 2.24) is 15.0 Å². The number of rotatable bonds is 4. The maximum absolute atomic E-state index is 12.6. The topological polar surface area (TPSA) is 93.0 Å². The molecule has 7 nitrogen and oxygen atoms in total. The van der Waals surface area contributed by atoms with Gasteiger partial charge in [0.25, 0.3) is 5.56 Å². The van der Waals surface area contributed by atoms with Gasteiger partial charge in [-0.15, -0.1) is 0 Å². The molecule has 2 N–H and O–H groups in total. The fourth-order valence-electron chi connectivity index (χ4n) is 2.57. The molecule has 7 heteroatoms. The standard InChI is InChI=1S/C18H14N4O3/c1-24-12-6-4-11(5-7-12)20-18-21-16-15(17(23)22-18)13(8-9-19-16)14-3-2-10-25-14/h2-10H,1H3,(H2,19,20,21,22,23). The van der Waals surface area contributed by atoms with Gasteiger partial charge in [-0.05, 0) is 42.5 Å². The van der Waals surface area contributed by atoms with Crippen LogP contribution >= 0.6 is 0 Å². The second kappa shape index (κ2) is 6.12. The minimum Gasteiger partial charge on any atom is -0.497 e. The Bertz CT molecular complexity index is 1070. The number of fused-ring (bicyclic) bond motifs is 1. The molecule has 0 aliphatic rings. The molecule has 0 unspecified atom stereocenters. The van der Waals surface area contributed by atoms with Gasteiger partial charge in [-0.25, -0.2) is 4.98 Å². The van der Waals surface area contributed by atoms with Crippen molar-refractivity contribution in [3.8, 4) is 17.1 Å². The van der Waals surface area contributed by atoms with E-state index in [4.69, 9.17) is 9.15 Å². The van der Waals surface area contributed by atoms with E-state index < -0.39 is 0 Å². The smallest absolute Gasteiger partial charge is 0.262 e. The fourth-order valence-corrected chi connectivity index (χ4v) is 2.57. The van der Waals surface area contributed by atoms with Gasteiger partial charge in [-0.2, -0.15) is 4.98 Å². The number of nitrogens with zero attached hydrogens (tertiary/aromatic N) is 2. The van der Waals surface area contributed by atoms with Crippen LogP contribution in [-0.2, 0) is 0 Å². The van der Waals surface area contributed by atoms with Crippen LogP contribution in [0.15, 0.2) is 64.1 Å². The third-order valence-corrected chi connectivity index (χ3v) is 3.75. The molecule has 4 aromatic rings. The van der Waals surface area contributed by atoms with E-state index in [1.165, 1.54) is 0 Å². The summed E-state index contributed by atoms with van der Waals surface area (Å²) in [6.07, 6.45) is 3.16. The summed E-state index contributed by atoms with van der Waals surface area (Å²) in [6, 6.07) is 12.6. The normalized spacial score (nSPS) is 10.8. The average Bonchev–Trinajstić information content (AvgIpc) is 3.16. The first-order valence-electron chi connectivity index (χ1n) is 7.58. The molecule has 0 saturated carbocycles. The third-order valence-electron chi connectivity index (χ3n) is 3.75. The van der Waals surface area contributed by atoms with Crippen LogP contribution < -0.4 is 15.6 Å². The minimum absolute atomic E-state index is 0.291. The summed E-state index contributed by atoms with van der Waals surface area (Å²) in [6.45, 7) is 0. The molecule has 0 atom stereocenters. The third kappa shape index (κ3) is 2.83. The minimum atomic E-state index is -0.291. The molecule has 4 rings (SSSR count). The van der Waals surface area contributed by atoms with Crippen LogP contribution in [0.25, 0.3) is 22.4 Å². The van der Waals surface area contributed by atoms with Crippen molar-refractivity contribution >= 4 is 22.7 Å². The van der Waals surface area contributed by atoms with Gasteiger partial charge in [0.1, 0.15) is 11.5 Å². The summed E-state index contributed by atoms with van der Waals surface area (Å²) in [5.74, 6) is 1.65. The van der Waals surface area contributed by atoms with Crippen molar-refractivity contribution < 1.29 is 9.15 Å². The molecule has 0 bridgehead atoms. The summed E-state index contributed by atoms with van der Waals surface area (Å²) in [5, 5.41) is 3.44. The van der Waals surface area contributed by atoms with Gasteiger partial charge in [-0.3, -0.25) is 9.78 Å². The molecular weight excluding hydrogens is 320 g/mol. The van der Waals surface area contributed by atoms with Gasteiger partial charge in [0, 0.05) is 17.4 Å². The Kier molecular flexibility index (Phi) is 3.66. The van der Waals surface area contributed by atoms with Crippen LogP contribution in [0.3, 0.4) is 0 Å². The first-order valence-corrected chi connectivity index (χ1v) is 7.58. The summed E-state index contributed by atoms with van der Waals surface area (Å²) in [5.41, 5.74) is 1.47. The summed E-state index contributed by atoms with van der Waals surface area (Å²) in [4.78, 5) is 23.9. The van der Waals surface area contributed by atoms with Crippen molar-refractivity contribution in [3.63, 3.8) is 0 Å². The van der Waals surface area contributed by atoms with Gasteiger partial charge >= 0.3 is 0 Å². The van der Waals surface area contributed by atoms with Crippen molar-refractivity contribution in [2.45, 2.75) is 0 Å². The molecule has 3 aromatic heterocycles. The number of anilines is 2. The zero-order chi connectivity index (χ0) is 17.2. The van der Waals surface area contributed by atoms with Crippen LogP contribution in [0.1, 0.15) is 0 Å². The molecule has 1 aromatic carbocycles. The van der Waals surface area contributed by atoms with Crippen molar-refractivity contribution in [1.29, 1.82) is 0 Å². The van der Waals surface area contributed by atoms with Crippen molar-refractivity contribution in [3.05, 3.63) is 65.3 Å². The second-order valence-corrected chi connectivity index (χ2v) is 5.30. The quantitative estimate of drug-likeness (QED) is 0.594. The number of nitrogens with one attached hydrogen (secondary N) is 2. The first-order chi connectivity index (χ1) is 12.2. The molecule has 3 heterocycles. The molecule has 0 amide bonds. The van der Waals surface area contributed by atoms with Crippen LogP contribution in [0.5, 0.6) is 5.75 Å². The van der Waals surface area contributed by atoms with Crippen LogP contribution in [0.4, 0.5) is 11.6 Å². The summed E-state index contributed by atoms with van der Waals surface area (Å²) < 4.78 is 10.5. The zero-order valence-electron chi connectivity index (χ0n) is 13.3. The van der Waals surface area contributed by atoms with Gasteiger partial charge in [-0.1, -0.05) is 0 Å². The fraction of sp³-hybridized carbons (Fsp3) is 0.0556. The molecule has 0 spiro atoms. The number of H-pyrrole nitrogens is 1. The molecule has 25 heavy (non-hydrogen) atoms. The number of aromatic amines is 1. The highest BCUT2D eigenvalue weighted by Crippen LogP contribution is 2.25. The number of aromatic nitrogens is 3. The van der Waals surface area contributed by atoms with E-state index in [0.29, 0.717) is 28.3 Å². The SMILES string of the molecule is COc1ccc(Nc2nc3nccc(-c4ccco4)c3c(=O)[nH]2)cc1. The van der Waals surface area contributed by atoms with Crippen LogP contribution in [0.2, 0.25) is 0 Å². The molecule has 0 aliphatic heterocycles. The van der Waals surface area contributed by atoms with Gasteiger partial charge in [0.05, 0.1) is 18.8 Å². The lowest BCUT2D eigenvalue weighted by molar-refractivity contribution is 0.415. The lowest BCUT2D eigenvalue weighted by Gasteiger charge is -2.08. The van der Waals surface area contributed by atoms with Gasteiger partial charge in [0.2, 0.25) is 5.95 Å². The monoisotopic (exact) mass is 334 g/mol. The Morgan fingerprint density at radius 1 is 1.16 bits per heavy atom. The predicted molar refractivity (Wildman–Crippen MR) is 94.1 cm³/mol. The van der Waals surface area contributed by atoms with E-state index in [9.17, 15) is 4.79 Å². The lowest BCUT2D eigenvalue weighted by Crippen LogP contribution is -2.13. The van der Waals surface area contributed by atoms with Crippen molar-refractivity contribution in [2.75, 3.05) is 12.4 Å². The molecular formula is C18H14N4O3. The molecule has 0 saturated heterocycles. The Morgan fingerprint density at radius 3 is 2.72 bits per heavy atom. The van der Waals surface area contributed by atoms with E-state index in [1.54, 1.807) is 37.8 Å². The number of ether oxygens (including phenoxy) is 1. The molecule has 0 aliphatic carbocycles. The van der Waals surface area contributed by atoms with E-state index >= 15 is 0 Å². The Morgan fingerprint density at radius 2 is 2.00 bits per heavy atom. The summed E-state index contributed by atoms with van der Waals surface area (Å²) in [7, 11) is 1.60. The van der Waals surface area contributed by atoms with E-state index in [-0.39, 0.29) is 5.56 Å². The number of hydrogen-bond acceptors (Lipinski definition) is 6. The van der Waals surface area contributed by atoms with Gasteiger partial charge in [0.15, 0.2) is 5.65 Å². The number of furan rings is 1. The van der Waals surface area contributed by atoms with Gasteiger partial charge < -0.3 is 14.5 Å². The second-order valence-electron chi connectivity index (χ2n) is 5.30. The Hall–Kier alpha value is -3.61. The molecule has 0 radical (unpaired) electrons. The van der Waals surface area contributed by atoms with E-state index in [2.05, 4.69) is 20.3 Å². The first kappa shape index (κ1) is 14.9. The van der Waals surface area contributed by atoms with E-state index in [1.807, 2.05) is 24.3 Å². The van der Waals surface area contributed by atoms with E-state index in [0.717, 1.165) is 11.4 Å².